The third kappa shape index (κ3) is 4.36. The van der Waals surface area contributed by atoms with Crippen molar-refractivity contribution in [1.29, 1.82) is 0 Å². The van der Waals surface area contributed by atoms with E-state index in [-0.39, 0.29) is 12.5 Å². The molecule has 0 radical (unpaired) electrons. The Hall–Kier alpha value is -3.18. The number of benzene rings is 2. The van der Waals surface area contributed by atoms with Crippen LogP contribution < -0.4 is 5.32 Å². The number of nitrogens with zero attached hydrogens (tertiary/aromatic N) is 1. The van der Waals surface area contributed by atoms with Gasteiger partial charge in [0, 0.05) is 24.7 Å². The minimum absolute atomic E-state index is 0.0341. The second-order valence-electron chi connectivity index (χ2n) is 6.97. The van der Waals surface area contributed by atoms with Gasteiger partial charge < -0.3 is 10.1 Å². The van der Waals surface area contributed by atoms with Crippen molar-refractivity contribution in [2.45, 2.75) is 12.3 Å². The van der Waals surface area contributed by atoms with E-state index in [1.807, 2.05) is 30.3 Å². The minimum Gasteiger partial charge on any atom is -0.449 e. The minimum atomic E-state index is -0.587. The van der Waals surface area contributed by atoms with Crippen LogP contribution in [0.5, 0.6) is 0 Å². The Kier molecular flexibility index (Phi) is 6.10. The molecule has 0 saturated heterocycles. The molecule has 0 saturated carbocycles. The van der Waals surface area contributed by atoms with Gasteiger partial charge in [0.2, 0.25) is 5.95 Å². The second-order valence-corrected chi connectivity index (χ2v) is 7.38. The lowest BCUT2D eigenvalue weighted by molar-refractivity contribution is 0.143. The molecule has 0 spiro atoms. The summed E-state index contributed by atoms with van der Waals surface area (Å²) in [5, 5.41) is 3.11. The molecule has 152 valence electrons. The number of aromatic nitrogens is 1. The Bertz CT molecular complexity index is 1050. The predicted molar refractivity (Wildman–Crippen MR) is 116 cm³/mol. The second kappa shape index (κ2) is 9.09. The maximum Gasteiger partial charge on any atom is 0.407 e. The van der Waals surface area contributed by atoms with E-state index in [4.69, 9.17) is 16.3 Å². The van der Waals surface area contributed by atoms with Crippen LogP contribution in [0.25, 0.3) is 17.2 Å². The highest BCUT2D eigenvalue weighted by molar-refractivity contribution is 6.31. The maximum absolute atomic E-state index is 13.1. The largest absolute Gasteiger partial charge is 0.449 e. The highest BCUT2D eigenvalue weighted by Gasteiger charge is 2.28. The molecule has 0 atom stereocenters. The molecule has 1 N–H and O–H groups in total. The number of carbonyl (C=O) groups excluding carboxylic acids is 1. The number of hydrogen-bond acceptors (Lipinski definition) is 3. The lowest BCUT2D eigenvalue weighted by atomic mass is 9.98. The molecule has 30 heavy (non-hydrogen) atoms. The molecule has 1 aromatic heterocycles. The van der Waals surface area contributed by atoms with E-state index < -0.39 is 12.0 Å². The Morgan fingerprint density at radius 2 is 1.80 bits per heavy atom. The first-order chi connectivity index (χ1) is 14.6. The quantitative estimate of drug-likeness (QED) is 0.402. The van der Waals surface area contributed by atoms with Crippen LogP contribution in [0.2, 0.25) is 5.02 Å². The van der Waals surface area contributed by atoms with Crippen LogP contribution >= 0.6 is 11.6 Å². The molecule has 1 amide bonds. The summed E-state index contributed by atoms with van der Waals surface area (Å²) >= 11 is 5.96. The van der Waals surface area contributed by atoms with Crippen LogP contribution in [0.4, 0.5) is 9.18 Å². The average molecular weight is 423 g/mol. The summed E-state index contributed by atoms with van der Waals surface area (Å²) in [6.45, 7) is 0.681. The van der Waals surface area contributed by atoms with Crippen molar-refractivity contribution in [3.8, 4) is 11.1 Å². The summed E-state index contributed by atoms with van der Waals surface area (Å²) in [7, 11) is 0. The molecular weight excluding hydrogens is 403 g/mol. The summed E-state index contributed by atoms with van der Waals surface area (Å²) in [6.07, 6.45) is 4.88. The van der Waals surface area contributed by atoms with Gasteiger partial charge in [0.05, 0.1) is 5.02 Å². The summed E-state index contributed by atoms with van der Waals surface area (Å²) in [4.78, 5) is 15.6. The van der Waals surface area contributed by atoms with Gasteiger partial charge in [-0.1, -0.05) is 72.3 Å². The van der Waals surface area contributed by atoms with E-state index in [0.29, 0.717) is 23.6 Å². The number of carbonyl (C=O) groups is 1. The molecule has 6 heteroatoms. The van der Waals surface area contributed by atoms with E-state index in [1.54, 1.807) is 6.08 Å². The predicted octanol–water partition coefficient (Wildman–Crippen LogP) is 5.82. The van der Waals surface area contributed by atoms with Gasteiger partial charge in [-0.2, -0.15) is 4.39 Å². The first kappa shape index (κ1) is 20.1. The third-order valence-corrected chi connectivity index (χ3v) is 5.39. The van der Waals surface area contributed by atoms with Gasteiger partial charge in [-0.3, -0.25) is 0 Å². The van der Waals surface area contributed by atoms with Gasteiger partial charge in [0.25, 0.3) is 0 Å². The number of ether oxygens (including phenoxy) is 1. The van der Waals surface area contributed by atoms with Crippen LogP contribution in [0.1, 0.15) is 29.0 Å². The van der Waals surface area contributed by atoms with E-state index in [9.17, 15) is 9.18 Å². The molecule has 1 aliphatic rings. The molecule has 2 aromatic carbocycles. The summed E-state index contributed by atoms with van der Waals surface area (Å²) in [5.41, 5.74) is 5.29. The molecular formula is C24H20ClFN2O2. The average Bonchev–Trinajstić information content (AvgIpc) is 3.08. The van der Waals surface area contributed by atoms with E-state index in [1.165, 1.54) is 34.5 Å². The molecule has 4 nitrogen and oxygen atoms in total. The summed E-state index contributed by atoms with van der Waals surface area (Å²) in [6, 6.07) is 17.7. The van der Waals surface area contributed by atoms with E-state index >= 15 is 0 Å². The number of nitrogens with one attached hydrogen (secondary N) is 1. The van der Waals surface area contributed by atoms with Crippen molar-refractivity contribution in [1.82, 2.24) is 10.3 Å². The Balaban J connectivity index is 1.28. The topological polar surface area (TPSA) is 51.2 Å². The van der Waals surface area contributed by atoms with Crippen molar-refractivity contribution in [3.05, 3.63) is 94.5 Å². The van der Waals surface area contributed by atoms with Crippen LogP contribution in [-0.2, 0) is 4.74 Å². The summed E-state index contributed by atoms with van der Waals surface area (Å²) in [5.74, 6) is -0.553. The molecule has 0 bridgehead atoms. The van der Waals surface area contributed by atoms with Crippen LogP contribution in [0.3, 0.4) is 0 Å². The van der Waals surface area contributed by atoms with Gasteiger partial charge >= 0.3 is 6.09 Å². The molecule has 1 heterocycles. The molecule has 0 unspecified atom stereocenters. The van der Waals surface area contributed by atoms with Crippen molar-refractivity contribution in [2.75, 3.05) is 13.2 Å². The zero-order valence-corrected chi connectivity index (χ0v) is 16.9. The van der Waals surface area contributed by atoms with Crippen LogP contribution in [0.15, 0.2) is 66.9 Å². The van der Waals surface area contributed by atoms with Crippen molar-refractivity contribution in [2.24, 2.45) is 0 Å². The number of rotatable bonds is 6. The zero-order chi connectivity index (χ0) is 20.9. The van der Waals surface area contributed by atoms with Crippen molar-refractivity contribution < 1.29 is 13.9 Å². The van der Waals surface area contributed by atoms with Gasteiger partial charge in [-0.15, -0.1) is 0 Å². The molecule has 4 rings (SSSR count). The zero-order valence-electron chi connectivity index (χ0n) is 16.1. The fourth-order valence-electron chi connectivity index (χ4n) is 3.67. The van der Waals surface area contributed by atoms with Gasteiger partial charge in [0.15, 0.2) is 0 Å². The normalized spacial score (nSPS) is 12.6. The highest BCUT2D eigenvalue weighted by Crippen LogP contribution is 2.44. The van der Waals surface area contributed by atoms with Crippen LogP contribution in [0, 0.1) is 5.95 Å². The van der Waals surface area contributed by atoms with E-state index in [2.05, 4.69) is 34.6 Å². The van der Waals surface area contributed by atoms with Gasteiger partial charge in [-0.05, 0) is 34.2 Å². The first-order valence-corrected chi connectivity index (χ1v) is 10.1. The lowest BCUT2D eigenvalue weighted by Gasteiger charge is -2.14. The molecule has 0 fully saturated rings. The van der Waals surface area contributed by atoms with Gasteiger partial charge in [-0.25, -0.2) is 9.78 Å². The Morgan fingerprint density at radius 1 is 1.13 bits per heavy atom. The van der Waals surface area contributed by atoms with Crippen molar-refractivity contribution >= 4 is 23.8 Å². The standard InChI is InChI=1S/C24H20ClFN2O2/c25-22-14-28-23(26)13-16(22)7-5-6-12-27-24(29)30-15-21-19-10-3-1-8-17(19)18-9-2-4-11-20(18)21/h1-5,7-11,13-14,21H,6,12,15H2,(H,27,29). The van der Waals surface area contributed by atoms with E-state index in [0.717, 1.165) is 0 Å². The first-order valence-electron chi connectivity index (χ1n) is 9.70. The molecule has 3 aromatic rings. The number of hydrogen-bond donors (Lipinski definition) is 1. The fraction of sp³-hybridized carbons (Fsp3) is 0.167. The molecule has 0 aliphatic heterocycles. The maximum atomic E-state index is 13.1. The number of amides is 1. The third-order valence-electron chi connectivity index (χ3n) is 5.07. The number of halogens is 2. The van der Waals surface area contributed by atoms with Crippen molar-refractivity contribution in [3.63, 3.8) is 0 Å². The smallest absolute Gasteiger partial charge is 0.407 e. The number of pyridine rings is 1. The SMILES string of the molecule is O=C(NCCC=Cc1cc(F)ncc1Cl)OCC1c2ccccc2-c2ccccc21. The molecule has 1 aliphatic carbocycles. The fourth-order valence-corrected chi connectivity index (χ4v) is 3.84. The lowest BCUT2D eigenvalue weighted by Crippen LogP contribution is -2.26. The Morgan fingerprint density at radius 3 is 2.50 bits per heavy atom. The number of fused-ring (bicyclic) bond motifs is 3. The highest BCUT2D eigenvalue weighted by atomic mass is 35.5. The summed E-state index contributed by atoms with van der Waals surface area (Å²) < 4.78 is 18.6. The monoisotopic (exact) mass is 422 g/mol. The van der Waals surface area contributed by atoms with Crippen LogP contribution in [-0.4, -0.2) is 24.2 Å². The number of alkyl carbamates (subject to hydrolysis) is 1. The van der Waals surface area contributed by atoms with Gasteiger partial charge in [0.1, 0.15) is 6.61 Å². The Labute approximate surface area is 179 Å².